The van der Waals surface area contributed by atoms with Crippen molar-refractivity contribution in [3.63, 3.8) is 0 Å². The van der Waals surface area contributed by atoms with Crippen LogP contribution in [-0.2, 0) is 13.0 Å². The van der Waals surface area contributed by atoms with Crippen molar-refractivity contribution >= 4 is 17.4 Å². The van der Waals surface area contributed by atoms with Crippen molar-refractivity contribution < 1.29 is 0 Å². The minimum absolute atomic E-state index is 0.757. The summed E-state index contributed by atoms with van der Waals surface area (Å²) in [6.45, 7) is 4.62. The third-order valence-electron chi connectivity index (χ3n) is 4.14. The molecule has 2 aliphatic rings. The lowest BCUT2D eigenvalue weighted by Crippen LogP contribution is -2.42. The van der Waals surface area contributed by atoms with Crippen LogP contribution in [0.15, 0.2) is 18.2 Å². The van der Waals surface area contributed by atoms with Crippen molar-refractivity contribution in [2.75, 3.05) is 18.0 Å². The first-order valence-corrected chi connectivity index (χ1v) is 7.52. The Hall–Kier alpha value is -0.670. The van der Waals surface area contributed by atoms with Crippen LogP contribution in [0.25, 0.3) is 0 Å². The Kier molecular flexibility index (Phi) is 3.05. The predicted molar refractivity (Wildman–Crippen MR) is 75.3 cm³/mol. The summed E-state index contributed by atoms with van der Waals surface area (Å²) < 4.78 is 0. The number of hydrogen-bond donors (Lipinski definition) is 1. The highest BCUT2D eigenvalue weighted by atomic mass is 32.2. The number of hydrogen-bond acceptors (Lipinski definition) is 3. The molecule has 3 rings (SSSR count). The lowest BCUT2D eigenvalue weighted by molar-refractivity contribution is 0.179. The molecule has 2 nitrogen and oxygen atoms in total. The fourth-order valence-corrected chi connectivity index (χ4v) is 4.39. The molecule has 3 heteroatoms. The van der Waals surface area contributed by atoms with Crippen LogP contribution in [0.5, 0.6) is 0 Å². The maximum atomic E-state index is 6.11. The number of nitrogens with two attached hydrogens (primary N) is 1. The van der Waals surface area contributed by atoms with Gasteiger partial charge in [0, 0.05) is 30.1 Å². The van der Waals surface area contributed by atoms with Crippen LogP contribution in [-0.4, -0.2) is 28.5 Å². The molecule has 0 amide bonds. The number of fused-ring (bicyclic) bond motifs is 1. The first-order chi connectivity index (χ1) is 8.25. The normalized spacial score (nSPS) is 29.2. The zero-order chi connectivity index (χ0) is 11.8. The molecule has 0 saturated carbocycles. The van der Waals surface area contributed by atoms with Crippen LogP contribution >= 0.6 is 11.8 Å². The molecule has 2 heterocycles. The number of benzene rings is 1. The van der Waals surface area contributed by atoms with Crippen LogP contribution in [0.1, 0.15) is 24.5 Å². The van der Waals surface area contributed by atoms with Crippen molar-refractivity contribution in [2.45, 2.75) is 37.6 Å². The maximum absolute atomic E-state index is 6.11. The lowest BCUT2D eigenvalue weighted by atomic mass is 9.96. The number of nitrogens with zero attached hydrogens (tertiary/aromatic N) is 1. The molecule has 2 aliphatic heterocycles. The second-order valence-electron chi connectivity index (χ2n) is 5.14. The quantitative estimate of drug-likeness (QED) is 0.774. The van der Waals surface area contributed by atoms with Gasteiger partial charge in [-0.05, 0) is 35.8 Å². The van der Waals surface area contributed by atoms with E-state index >= 15 is 0 Å². The Labute approximate surface area is 108 Å². The van der Waals surface area contributed by atoms with Crippen LogP contribution < -0.4 is 5.73 Å². The third kappa shape index (κ3) is 2.06. The van der Waals surface area contributed by atoms with Gasteiger partial charge in [-0.1, -0.05) is 19.1 Å². The first kappa shape index (κ1) is 11.4. The van der Waals surface area contributed by atoms with Crippen LogP contribution in [0.3, 0.4) is 0 Å². The number of nitrogen functional groups attached to an aromatic ring is 1. The number of anilines is 1. The smallest absolute Gasteiger partial charge is 0.0362 e. The minimum Gasteiger partial charge on any atom is -0.398 e. The average molecular weight is 248 g/mol. The van der Waals surface area contributed by atoms with E-state index in [9.17, 15) is 0 Å². The molecule has 1 fully saturated rings. The van der Waals surface area contributed by atoms with E-state index < -0.39 is 0 Å². The summed E-state index contributed by atoms with van der Waals surface area (Å²) in [7, 11) is 0. The highest BCUT2D eigenvalue weighted by molar-refractivity contribution is 8.00. The van der Waals surface area contributed by atoms with Gasteiger partial charge in [0.25, 0.3) is 0 Å². The molecule has 1 aromatic carbocycles. The Morgan fingerprint density at radius 2 is 2.29 bits per heavy atom. The van der Waals surface area contributed by atoms with E-state index in [0.717, 1.165) is 29.9 Å². The minimum atomic E-state index is 0.757. The summed E-state index contributed by atoms with van der Waals surface area (Å²) in [5, 5.41) is 0.779. The first-order valence-electron chi connectivity index (χ1n) is 6.47. The van der Waals surface area contributed by atoms with E-state index in [2.05, 4.69) is 35.7 Å². The summed E-state index contributed by atoms with van der Waals surface area (Å²) in [6.07, 6.45) is 2.50. The van der Waals surface area contributed by atoms with Gasteiger partial charge in [0.2, 0.25) is 0 Å². The second-order valence-corrected chi connectivity index (χ2v) is 6.62. The van der Waals surface area contributed by atoms with Gasteiger partial charge in [-0.2, -0.15) is 11.8 Å². The Balaban J connectivity index is 1.82. The number of thioether (sulfide) groups is 1. The van der Waals surface area contributed by atoms with Gasteiger partial charge in [0.05, 0.1) is 0 Å². The van der Waals surface area contributed by atoms with Crippen molar-refractivity contribution in [3.8, 4) is 0 Å². The molecule has 1 saturated heterocycles. The second kappa shape index (κ2) is 4.54. The van der Waals surface area contributed by atoms with Gasteiger partial charge in [0.1, 0.15) is 0 Å². The molecule has 92 valence electrons. The maximum Gasteiger partial charge on any atom is 0.0362 e. The van der Waals surface area contributed by atoms with Crippen molar-refractivity contribution in [1.29, 1.82) is 0 Å². The van der Waals surface area contributed by atoms with Gasteiger partial charge < -0.3 is 5.73 Å². The lowest BCUT2D eigenvalue weighted by Gasteiger charge is -2.35. The SMILES string of the molecule is CC1SCCC1N1CCc2cccc(N)c2C1. The van der Waals surface area contributed by atoms with E-state index in [-0.39, 0.29) is 0 Å². The van der Waals surface area contributed by atoms with Gasteiger partial charge in [-0.3, -0.25) is 4.90 Å². The average Bonchev–Trinajstić information content (AvgIpc) is 2.76. The molecule has 1 aromatic rings. The van der Waals surface area contributed by atoms with E-state index in [0.29, 0.717) is 0 Å². The van der Waals surface area contributed by atoms with E-state index in [1.165, 1.54) is 29.8 Å². The zero-order valence-corrected chi connectivity index (χ0v) is 11.2. The zero-order valence-electron chi connectivity index (χ0n) is 10.4. The molecular weight excluding hydrogens is 228 g/mol. The largest absolute Gasteiger partial charge is 0.398 e. The Morgan fingerprint density at radius 1 is 1.41 bits per heavy atom. The molecule has 0 spiro atoms. The molecule has 0 aliphatic carbocycles. The van der Waals surface area contributed by atoms with Gasteiger partial charge in [-0.25, -0.2) is 0 Å². The fraction of sp³-hybridized carbons (Fsp3) is 0.571. The molecule has 0 bridgehead atoms. The van der Waals surface area contributed by atoms with Gasteiger partial charge in [-0.15, -0.1) is 0 Å². The van der Waals surface area contributed by atoms with Crippen LogP contribution in [0.2, 0.25) is 0 Å². The van der Waals surface area contributed by atoms with Crippen molar-refractivity contribution in [1.82, 2.24) is 4.90 Å². The van der Waals surface area contributed by atoms with Crippen molar-refractivity contribution in [2.24, 2.45) is 0 Å². The highest BCUT2D eigenvalue weighted by Gasteiger charge is 2.31. The Bertz CT molecular complexity index is 419. The standard InChI is InChI=1S/C14H20N2S/c1-10-14(6-8-17-10)16-7-5-11-3-2-4-13(15)12(11)9-16/h2-4,10,14H,5-9,15H2,1H3. The highest BCUT2D eigenvalue weighted by Crippen LogP contribution is 2.34. The van der Waals surface area contributed by atoms with Gasteiger partial charge in [0.15, 0.2) is 0 Å². The number of rotatable bonds is 1. The summed E-state index contributed by atoms with van der Waals surface area (Å²) in [6, 6.07) is 7.11. The fourth-order valence-electron chi connectivity index (χ4n) is 3.11. The molecule has 17 heavy (non-hydrogen) atoms. The van der Waals surface area contributed by atoms with E-state index in [4.69, 9.17) is 5.73 Å². The molecule has 2 atom stereocenters. The summed E-state index contributed by atoms with van der Waals surface area (Å²) in [5.41, 5.74) is 9.92. The molecule has 0 radical (unpaired) electrons. The molecular formula is C14H20N2S. The summed E-state index contributed by atoms with van der Waals surface area (Å²) in [5.74, 6) is 1.32. The topological polar surface area (TPSA) is 29.3 Å². The molecule has 2 unspecified atom stereocenters. The summed E-state index contributed by atoms with van der Waals surface area (Å²) in [4.78, 5) is 2.64. The van der Waals surface area contributed by atoms with Gasteiger partial charge >= 0.3 is 0 Å². The van der Waals surface area contributed by atoms with Crippen LogP contribution in [0.4, 0.5) is 5.69 Å². The Morgan fingerprint density at radius 3 is 3.06 bits per heavy atom. The monoisotopic (exact) mass is 248 g/mol. The molecule has 0 aromatic heterocycles. The van der Waals surface area contributed by atoms with Crippen LogP contribution in [0, 0.1) is 0 Å². The predicted octanol–water partition coefficient (Wildman–Crippen LogP) is 2.52. The molecule has 2 N–H and O–H groups in total. The van der Waals surface area contributed by atoms with E-state index in [1.54, 1.807) is 0 Å². The van der Waals surface area contributed by atoms with Crippen molar-refractivity contribution in [3.05, 3.63) is 29.3 Å². The third-order valence-corrected chi connectivity index (χ3v) is 5.46. The summed E-state index contributed by atoms with van der Waals surface area (Å²) >= 11 is 2.11. The van der Waals surface area contributed by atoms with E-state index in [1.807, 2.05) is 6.07 Å².